The number of rotatable bonds is 33. The number of carbonyl (C=O) groups is 7. The van der Waals surface area contributed by atoms with E-state index in [2.05, 4.69) is 53.9 Å². The van der Waals surface area contributed by atoms with Gasteiger partial charge in [-0.3, -0.25) is 33.0 Å². The zero-order valence-electron chi connectivity index (χ0n) is 54.3. The topological polar surface area (TPSA) is 313 Å². The molecule has 94 heavy (non-hydrogen) atoms. The molecule has 0 radical (unpaired) electrons. The molecule has 0 spiro atoms. The summed E-state index contributed by atoms with van der Waals surface area (Å²) in [5.41, 5.74) is 3.64. The number of nitrogens with zero attached hydrogens (tertiary/aromatic N) is 8. The summed E-state index contributed by atoms with van der Waals surface area (Å²) in [7, 11) is -2.54. The van der Waals surface area contributed by atoms with Gasteiger partial charge in [-0.15, -0.1) is 5.10 Å². The number of aryl methyl sites for hydroxylation is 1. The molecule has 27 heteroatoms. The summed E-state index contributed by atoms with van der Waals surface area (Å²) < 4.78 is 46.2. The minimum absolute atomic E-state index is 0.0440. The third-order valence-corrected chi connectivity index (χ3v) is 18.2. The average molecular weight is 1330 g/mol. The number of thioether (sulfide) groups is 1. The molecule has 0 saturated carbocycles. The number of aromatic nitrogens is 7. The third-order valence-electron chi connectivity index (χ3n) is 16.0. The fraction of sp³-hybridized carbons (Fsp3) is 0.463. The number of hydrogen-bond acceptors (Lipinski definition) is 20. The second-order valence-corrected chi connectivity index (χ2v) is 26.9. The van der Waals surface area contributed by atoms with Crippen LogP contribution in [0.25, 0.3) is 22.3 Å². The number of benzene rings is 2. The predicted molar refractivity (Wildman–Crippen MR) is 353 cm³/mol. The minimum atomic E-state index is -2.54. The van der Waals surface area contributed by atoms with Gasteiger partial charge in [-0.25, -0.2) is 33.5 Å². The molecule has 0 fully saturated rings. The Labute approximate surface area is 550 Å². The lowest BCUT2D eigenvalue weighted by atomic mass is 9.85. The van der Waals surface area contributed by atoms with Gasteiger partial charge in [-0.2, -0.15) is 0 Å². The predicted octanol–water partition coefficient (Wildman–Crippen LogP) is 6.31. The van der Waals surface area contributed by atoms with Crippen LogP contribution in [0.2, 0.25) is 0 Å². The number of Topliss-reactive ketones (excluding diaryl/α,β-unsaturated/α-hetero) is 2. The van der Waals surface area contributed by atoms with E-state index in [1.54, 1.807) is 92.1 Å². The zero-order valence-corrected chi connectivity index (χ0v) is 55.9. The van der Waals surface area contributed by atoms with Crippen LogP contribution in [0.4, 0.5) is 10.5 Å². The monoisotopic (exact) mass is 1330 g/mol. The van der Waals surface area contributed by atoms with E-state index in [1.165, 1.54) is 11.8 Å². The smallest absolute Gasteiger partial charge is 0.457 e. The number of unbranched alkanes of at least 4 members (excludes halogenated alkanes) is 1. The van der Waals surface area contributed by atoms with Crippen LogP contribution >= 0.6 is 11.8 Å². The molecule has 3 amide bonds. The van der Waals surface area contributed by atoms with E-state index in [9.17, 15) is 42.6 Å². The molecule has 3 N–H and O–H groups in total. The van der Waals surface area contributed by atoms with Crippen molar-refractivity contribution in [3.05, 3.63) is 123 Å². The number of hydrogen-bond donors (Lipinski definition) is 3. The standard InChI is InChI=1S/C67H81N11O14S2/c1-10-67(54-33-56-61-52(37-77(56)63(84)53(54)39-90-64(67)85)50(51-18-14-15-19-55(51)72-61)26-28-78(43(4)5)94(8,9)87)92-66(86)91-38-45-20-22-47(23-21-45)71-62(83)44(6)32-57(80)60(42(2)3)73-59(82)41-89-40-58(81)68-27-30-88-31-29-76-36-48(74-75-76)24-25-49(79)17-13-11-12-16-46-34-69-65(93-7)70-35-46/h14-15,18-23,33-36,42-44,60H,8,10-11,13,17,24-32,37-41H2,1-7,9H3,(H,68,81)(H,71,83)(H,73,82)/t44-,60+,67+,94?/m1/s1. The summed E-state index contributed by atoms with van der Waals surface area (Å²) in [6.07, 6.45) is 10.2. The number of carbonyl (C=O) groups excluding carboxylic acids is 7. The Morgan fingerprint density at radius 3 is 2.39 bits per heavy atom. The molecule has 0 aliphatic carbocycles. The summed E-state index contributed by atoms with van der Waals surface area (Å²) in [5.74, 6) is 6.20. The largest absolute Gasteiger partial charge is 0.510 e. The van der Waals surface area contributed by atoms with Crippen LogP contribution in [0.3, 0.4) is 0 Å². The molecular formula is C67H81N11O14S2. The quantitative estimate of drug-likeness (QED) is 0.0101. The molecule has 0 bridgehead atoms. The number of amides is 3. The van der Waals surface area contributed by atoms with Gasteiger partial charge in [0.25, 0.3) is 5.56 Å². The van der Waals surface area contributed by atoms with Crippen LogP contribution in [-0.2, 0) is 107 Å². The Balaban J connectivity index is 0.728. The van der Waals surface area contributed by atoms with Gasteiger partial charge in [0.2, 0.25) is 23.3 Å². The number of pyridine rings is 2. The molecule has 6 aromatic rings. The van der Waals surface area contributed by atoms with Gasteiger partial charge in [0.05, 0.1) is 66.1 Å². The van der Waals surface area contributed by atoms with Gasteiger partial charge >= 0.3 is 12.1 Å². The van der Waals surface area contributed by atoms with E-state index in [4.69, 9.17) is 28.7 Å². The first-order chi connectivity index (χ1) is 45.0. The third kappa shape index (κ3) is 18.6. The Morgan fingerprint density at radius 1 is 0.936 bits per heavy atom. The molecule has 4 aromatic heterocycles. The second-order valence-electron chi connectivity index (χ2n) is 23.7. The molecule has 1 unspecified atom stereocenters. The van der Waals surface area contributed by atoms with Crippen molar-refractivity contribution in [2.24, 2.45) is 11.8 Å². The molecule has 8 rings (SSSR count). The summed E-state index contributed by atoms with van der Waals surface area (Å²) in [6, 6.07) is 14.7. The van der Waals surface area contributed by atoms with Crippen molar-refractivity contribution >= 4 is 85.3 Å². The molecule has 25 nitrogen and oxygen atoms in total. The average Bonchev–Trinajstić information content (AvgIpc) is 1.48. The maximum atomic E-state index is 14.4. The molecule has 6 heterocycles. The number of ketones is 2. The lowest BCUT2D eigenvalue weighted by Crippen LogP contribution is -2.47. The van der Waals surface area contributed by atoms with Crippen LogP contribution in [0.15, 0.2) is 83.1 Å². The van der Waals surface area contributed by atoms with Crippen LogP contribution in [0.1, 0.15) is 119 Å². The van der Waals surface area contributed by atoms with E-state index >= 15 is 0 Å². The first-order valence-electron chi connectivity index (χ1n) is 31.2. The van der Waals surface area contributed by atoms with E-state index in [-0.39, 0.29) is 80.4 Å². The number of para-hydroxylation sites is 1. The highest BCUT2D eigenvalue weighted by atomic mass is 32.2. The molecule has 500 valence electrons. The van der Waals surface area contributed by atoms with Crippen molar-refractivity contribution in [2.75, 3.05) is 57.3 Å². The van der Waals surface area contributed by atoms with Crippen LogP contribution in [0, 0.1) is 23.7 Å². The van der Waals surface area contributed by atoms with Crippen LogP contribution in [-0.4, -0.2) is 154 Å². The number of anilines is 1. The zero-order chi connectivity index (χ0) is 67.7. The van der Waals surface area contributed by atoms with Crippen molar-refractivity contribution < 1.29 is 61.5 Å². The molecule has 2 aliphatic rings. The van der Waals surface area contributed by atoms with Crippen molar-refractivity contribution in [3.63, 3.8) is 0 Å². The van der Waals surface area contributed by atoms with Crippen molar-refractivity contribution in [2.45, 2.75) is 142 Å². The van der Waals surface area contributed by atoms with Gasteiger partial charge in [-0.1, -0.05) is 86.8 Å². The van der Waals surface area contributed by atoms with E-state index in [1.807, 2.05) is 48.7 Å². The summed E-state index contributed by atoms with van der Waals surface area (Å²) >= 11 is 1.46. The highest BCUT2D eigenvalue weighted by molar-refractivity contribution is 7.98. The Kier molecular flexibility index (Phi) is 24.9. The van der Waals surface area contributed by atoms with E-state index < -0.39 is 75.9 Å². The highest BCUT2D eigenvalue weighted by Gasteiger charge is 2.51. The molecule has 4 atom stereocenters. The lowest BCUT2D eigenvalue weighted by Gasteiger charge is -2.35. The molecular weight excluding hydrogens is 1250 g/mol. The van der Waals surface area contributed by atoms with Gasteiger partial charge in [-0.05, 0) is 93.0 Å². The first-order valence-corrected chi connectivity index (χ1v) is 34.5. The lowest BCUT2D eigenvalue weighted by molar-refractivity contribution is -0.175. The van der Waals surface area contributed by atoms with Crippen LogP contribution < -0.4 is 21.5 Å². The van der Waals surface area contributed by atoms with Crippen molar-refractivity contribution in [3.8, 4) is 23.2 Å². The minimum Gasteiger partial charge on any atom is -0.457 e. The van der Waals surface area contributed by atoms with Gasteiger partial charge in [0, 0.05) is 107 Å². The number of cyclic esters (lactones) is 1. The van der Waals surface area contributed by atoms with Crippen molar-refractivity contribution in [1.82, 2.24) is 49.5 Å². The number of nitrogens with one attached hydrogen (secondary N) is 3. The maximum absolute atomic E-state index is 14.4. The van der Waals surface area contributed by atoms with Crippen LogP contribution in [0.5, 0.6) is 0 Å². The van der Waals surface area contributed by atoms with Gasteiger partial charge in [0.1, 0.15) is 32.2 Å². The Bertz CT molecular complexity index is 3990. The van der Waals surface area contributed by atoms with E-state index in [0.29, 0.717) is 97.2 Å². The Hall–Kier alpha value is -8.68. The SMILES string of the molecule is C=S(C)(=O)N(CCc1c2c(nc3ccccc13)-c1cc3c(c(=O)n1C2)COC(=O)[C@@]3(CC)OC(=O)OCc1ccc(NC(=O)[C@H](C)CC(=O)[C@@H](NC(=O)COCC(=O)NCCOCCn2cc(CCC(=O)CCCC#Cc3cnc(SC)nc3)nn2)C(C)C)cc1)C(C)C. The summed E-state index contributed by atoms with van der Waals surface area (Å²) in [6.45, 7) is 10.9. The number of ether oxygens (including phenoxy) is 5. The molecule has 2 aliphatic heterocycles. The van der Waals surface area contributed by atoms with Gasteiger partial charge < -0.3 is 44.2 Å². The van der Waals surface area contributed by atoms with Crippen molar-refractivity contribution in [1.29, 1.82) is 0 Å². The molecule has 0 saturated heterocycles. The first kappa shape index (κ1) is 71.2. The summed E-state index contributed by atoms with van der Waals surface area (Å²) in [5, 5.41) is 17.9. The number of fused-ring (bicyclic) bond motifs is 5. The normalized spacial score (nSPS) is 15.2. The van der Waals surface area contributed by atoms with E-state index in [0.717, 1.165) is 22.1 Å². The second kappa shape index (κ2) is 32.9. The molecule has 2 aromatic carbocycles. The Morgan fingerprint density at radius 2 is 1.68 bits per heavy atom. The highest BCUT2D eigenvalue weighted by Crippen LogP contribution is 2.42. The number of esters is 1. The fourth-order valence-electron chi connectivity index (χ4n) is 11.1. The van der Waals surface area contributed by atoms with Gasteiger partial charge in [0.15, 0.2) is 10.9 Å². The fourth-order valence-corrected chi connectivity index (χ4v) is 12.8. The maximum Gasteiger partial charge on any atom is 0.510 e. The summed E-state index contributed by atoms with van der Waals surface area (Å²) in [4.78, 5) is 120.